The molecule has 0 radical (unpaired) electrons. The van der Waals surface area contributed by atoms with Crippen LogP contribution in [0, 0.1) is 0 Å². The minimum absolute atomic E-state index is 0. The molecular formula is C25H35N2NaO8S4. The minimum atomic E-state index is -4.19. The van der Waals surface area contributed by atoms with Crippen LogP contribution >= 0.6 is 23.5 Å². The van der Waals surface area contributed by atoms with Crippen LogP contribution in [0.15, 0.2) is 42.9 Å². The van der Waals surface area contributed by atoms with Gasteiger partial charge in [-0.05, 0) is 69.8 Å². The van der Waals surface area contributed by atoms with E-state index in [0.717, 1.165) is 40.8 Å². The first kappa shape index (κ1) is 35.5. The van der Waals surface area contributed by atoms with Crippen LogP contribution in [0.1, 0.15) is 45.4 Å². The third kappa shape index (κ3) is 11.9. The van der Waals surface area contributed by atoms with Gasteiger partial charge >= 0.3 is 35.2 Å². The standard InChI is InChI=1S/C25H36N2O8S4.Na/c1-2-27-21(11-12-24-26(15-17-37-24)14-4-6-19-39(32,33)34)25(28)35-23(27)10-7-9-22-20(13-16-36-22)8-3-5-18-38(29,30)31;/h7,9-12H,2-6,8,13-19H2,1H3,(H,29,30,31)(H,32,33,34);/q;+1/p-1/b9-7+,21-11-,23-10+,24-12-;. The van der Waals surface area contributed by atoms with E-state index < -0.39 is 25.9 Å². The summed E-state index contributed by atoms with van der Waals surface area (Å²) in [4.78, 5) is 15.9. The van der Waals surface area contributed by atoms with Crippen molar-refractivity contribution in [1.82, 2.24) is 9.47 Å². The Morgan fingerprint density at radius 3 is 2.48 bits per heavy atom. The van der Waals surface area contributed by atoms with E-state index >= 15 is 0 Å². The zero-order valence-electron chi connectivity index (χ0n) is 22.9. The van der Waals surface area contributed by atoms with E-state index in [9.17, 15) is 26.2 Å². The van der Waals surface area contributed by atoms with Crippen LogP contribution in [0.4, 0.5) is 0 Å². The van der Waals surface area contributed by atoms with E-state index in [0.29, 0.717) is 49.7 Å². The molecule has 40 heavy (non-hydrogen) atoms. The largest absolute Gasteiger partial charge is 1.00 e. The fourth-order valence-corrected chi connectivity index (χ4v) is 7.70. The zero-order chi connectivity index (χ0) is 28.5. The molecule has 0 atom stereocenters. The van der Waals surface area contributed by atoms with Gasteiger partial charge in [0, 0.05) is 41.8 Å². The van der Waals surface area contributed by atoms with Gasteiger partial charge in [0.15, 0.2) is 0 Å². The van der Waals surface area contributed by atoms with Gasteiger partial charge in [-0.15, -0.1) is 23.5 Å². The Hall–Kier alpha value is -0.710. The first-order chi connectivity index (χ1) is 18.5. The van der Waals surface area contributed by atoms with Crippen molar-refractivity contribution in [2.24, 2.45) is 0 Å². The smallest absolute Gasteiger partial charge is 0.748 e. The number of thioether (sulfide) groups is 2. The van der Waals surface area contributed by atoms with Crippen LogP contribution < -0.4 is 46.1 Å². The normalized spacial score (nSPS) is 18.6. The predicted molar refractivity (Wildman–Crippen MR) is 156 cm³/mol. The number of unbranched alkanes of at least 4 members (excludes halogenated alkanes) is 2. The van der Waals surface area contributed by atoms with Gasteiger partial charge in [0.2, 0.25) is 5.55 Å². The molecule has 3 heterocycles. The second-order valence-electron chi connectivity index (χ2n) is 9.17. The minimum Gasteiger partial charge on any atom is -0.748 e. The van der Waals surface area contributed by atoms with Crippen molar-refractivity contribution >= 4 is 55.9 Å². The summed E-state index contributed by atoms with van der Waals surface area (Å²) in [7, 11) is -8.12. The average Bonchev–Trinajstić information content (AvgIpc) is 3.56. The molecule has 1 fully saturated rings. The van der Waals surface area contributed by atoms with Crippen molar-refractivity contribution < 1.29 is 59.9 Å². The molecule has 0 spiro atoms. The molecule has 10 nitrogen and oxygen atoms in total. The van der Waals surface area contributed by atoms with E-state index in [-0.39, 0.29) is 41.1 Å². The molecule has 1 N–H and O–H groups in total. The average molecular weight is 643 g/mol. The maximum Gasteiger partial charge on any atom is 1.00 e. The number of allylic oxidation sites excluding steroid dienone is 4. The van der Waals surface area contributed by atoms with E-state index in [1.54, 1.807) is 40.2 Å². The van der Waals surface area contributed by atoms with Gasteiger partial charge in [-0.1, -0.05) is 11.6 Å². The van der Waals surface area contributed by atoms with Crippen LogP contribution in [0.25, 0.3) is 12.2 Å². The molecule has 0 aliphatic carbocycles. The number of nitrogens with zero attached hydrogens (tertiary/aromatic N) is 2. The summed E-state index contributed by atoms with van der Waals surface area (Å²) >= 11 is 3.40. The third-order valence-corrected chi connectivity index (χ3v) is 10.1. The zero-order valence-corrected chi connectivity index (χ0v) is 28.2. The van der Waals surface area contributed by atoms with E-state index in [1.807, 2.05) is 25.2 Å². The molecular weight excluding hydrogens is 608 g/mol. The molecule has 0 bridgehead atoms. The number of hydrogen-bond donors (Lipinski definition) is 1. The second kappa shape index (κ2) is 16.8. The molecule has 2 aliphatic heterocycles. The molecule has 218 valence electrons. The Balaban J connectivity index is 0.00000560. The molecule has 1 saturated heterocycles. The van der Waals surface area contributed by atoms with Crippen LogP contribution in [0.3, 0.4) is 0 Å². The van der Waals surface area contributed by atoms with Crippen molar-refractivity contribution in [3.05, 3.63) is 55.1 Å². The van der Waals surface area contributed by atoms with Gasteiger partial charge in [-0.25, -0.2) is 13.2 Å². The van der Waals surface area contributed by atoms with Gasteiger partial charge in [0.25, 0.3) is 10.1 Å². The maximum absolute atomic E-state index is 12.6. The SMILES string of the molecule is CCn1/c(=C\C=C2/SCCN2CCCCS(=O)(=O)[O-])c(=O)o/c1=C/C=C/C1=C(CCCCS(=O)(=O)O)CCS1.[Na+]. The van der Waals surface area contributed by atoms with Crippen molar-refractivity contribution in [1.29, 1.82) is 0 Å². The Morgan fingerprint density at radius 2 is 1.77 bits per heavy atom. The molecule has 0 unspecified atom stereocenters. The van der Waals surface area contributed by atoms with Gasteiger partial charge in [0.05, 0.1) is 20.9 Å². The quantitative estimate of drug-likeness (QED) is 0.155. The van der Waals surface area contributed by atoms with Gasteiger partial charge in [-0.3, -0.25) is 4.55 Å². The first-order valence-electron chi connectivity index (χ1n) is 12.9. The summed E-state index contributed by atoms with van der Waals surface area (Å²) in [6, 6.07) is 0. The Morgan fingerprint density at radius 1 is 1.02 bits per heavy atom. The van der Waals surface area contributed by atoms with E-state index in [1.165, 1.54) is 5.57 Å². The van der Waals surface area contributed by atoms with E-state index in [2.05, 4.69) is 4.90 Å². The number of aromatic nitrogens is 1. The summed E-state index contributed by atoms with van der Waals surface area (Å²) in [5, 5.41) is 1.42. The molecule has 0 aromatic carbocycles. The molecule has 2 aliphatic rings. The predicted octanol–water partition coefficient (Wildman–Crippen LogP) is -0.753. The summed E-state index contributed by atoms with van der Waals surface area (Å²) in [6.07, 6.45) is 13.0. The molecule has 0 saturated carbocycles. The van der Waals surface area contributed by atoms with E-state index in [4.69, 9.17) is 8.97 Å². The monoisotopic (exact) mass is 642 g/mol. The summed E-state index contributed by atoms with van der Waals surface area (Å²) in [6.45, 7) is 3.93. The van der Waals surface area contributed by atoms with Crippen LogP contribution in [-0.2, 0) is 26.8 Å². The fraction of sp³-hybridized carbons (Fsp3) is 0.560. The third-order valence-electron chi connectivity index (χ3n) is 6.29. The second-order valence-corrected chi connectivity index (χ2v) is 14.5. The number of hydrogen-bond acceptors (Lipinski definition) is 10. The summed E-state index contributed by atoms with van der Waals surface area (Å²) in [5.74, 6) is 1.28. The van der Waals surface area contributed by atoms with Gasteiger partial charge < -0.3 is 18.4 Å². The van der Waals surface area contributed by atoms with Crippen molar-refractivity contribution in [2.45, 2.75) is 52.0 Å². The fourth-order valence-electron chi connectivity index (χ4n) is 4.37. The molecule has 1 aromatic heterocycles. The van der Waals surface area contributed by atoms with Crippen molar-refractivity contribution in [2.75, 3.05) is 36.1 Å². The Labute approximate surface area is 266 Å². The van der Waals surface area contributed by atoms with Crippen LogP contribution in [0.5, 0.6) is 0 Å². The van der Waals surface area contributed by atoms with Gasteiger partial charge in [-0.2, -0.15) is 8.42 Å². The van der Waals surface area contributed by atoms with Crippen LogP contribution in [-0.4, -0.2) is 71.5 Å². The summed E-state index contributed by atoms with van der Waals surface area (Å²) in [5.41, 5.74) is 1.27. The molecule has 15 heteroatoms. The summed E-state index contributed by atoms with van der Waals surface area (Å²) < 4.78 is 70.4. The molecule has 0 amide bonds. The van der Waals surface area contributed by atoms with Crippen LogP contribution in [0.2, 0.25) is 0 Å². The molecule has 3 rings (SSSR count). The Bertz CT molecular complexity index is 1490. The topological polar surface area (TPSA) is 150 Å². The van der Waals surface area contributed by atoms with Gasteiger partial charge in [0.1, 0.15) is 5.35 Å². The number of rotatable bonds is 14. The maximum atomic E-state index is 12.6. The Kier molecular flexibility index (Phi) is 14.9. The number of oxazole rings is 1. The first-order valence-corrected chi connectivity index (χ1v) is 18.0. The van der Waals surface area contributed by atoms with Crippen molar-refractivity contribution in [3.63, 3.8) is 0 Å². The molecule has 1 aromatic rings. The van der Waals surface area contributed by atoms with Crippen molar-refractivity contribution in [3.8, 4) is 0 Å².